The highest BCUT2D eigenvalue weighted by Crippen LogP contribution is 2.46. The van der Waals surface area contributed by atoms with Crippen molar-refractivity contribution in [2.45, 2.75) is 77.2 Å². The summed E-state index contributed by atoms with van der Waals surface area (Å²) in [6.45, 7) is 4.26. The van der Waals surface area contributed by atoms with Gasteiger partial charge < -0.3 is 15.1 Å². The van der Waals surface area contributed by atoms with Crippen LogP contribution < -0.4 is 5.32 Å². The first-order chi connectivity index (χ1) is 12.6. The van der Waals surface area contributed by atoms with Gasteiger partial charge in [0.05, 0.1) is 5.41 Å². The maximum atomic E-state index is 13.2. The molecule has 1 unspecified atom stereocenters. The largest absolute Gasteiger partial charge is 0.354 e. The fraction of sp³-hybridized carbons (Fsp3) is 0.810. The highest BCUT2D eigenvalue weighted by molar-refractivity contribution is 5.91. The van der Waals surface area contributed by atoms with Gasteiger partial charge in [-0.25, -0.2) is 0 Å². The molecule has 3 aliphatic rings. The molecule has 146 valence electrons. The van der Waals surface area contributed by atoms with Crippen molar-refractivity contribution in [1.29, 1.82) is 0 Å². The third-order valence-corrected chi connectivity index (χ3v) is 6.69. The molecule has 5 nitrogen and oxygen atoms in total. The molecule has 0 radical (unpaired) electrons. The monoisotopic (exact) mass is 361 g/mol. The van der Waals surface area contributed by atoms with Crippen molar-refractivity contribution in [3.8, 4) is 0 Å². The number of fused-ring (bicyclic) bond motifs is 1. The molecule has 1 saturated heterocycles. The summed E-state index contributed by atoms with van der Waals surface area (Å²) in [7, 11) is 2.18. The predicted molar refractivity (Wildman–Crippen MR) is 104 cm³/mol. The Morgan fingerprint density at radius 2 is 2.04 bits per heavy atom. The quantitative estimate of drug-likeness (QED) is 0.791. The van der Waals surface area contributed by atoms with E-state index in [0.29, 0.717) is 32.0 Å². The van der Waals surface area contributed by atoms with Gasteiger partial charge in [0.1, 0.15) is 0 Å². The lowest BCUT2D eigenvalue weighted by Crippen LogP contribution is -2.53. The maximum Gasteiger partial charge on any atom is 0.232 e. The zero-order valence-electron chi connectivity index (χ0n) is 16.6. The standard InChI is InChI=1S/C21H35N3O2/c1-3-24-18-11-7-8-13-21(18,14-12-19(24)25)20(26)22-15-16-23(2)17-9-5-4-6-10-17/h11,17H,3-10,12-16H2,1-2H3,(H,22,26). The number of nitrogens with one attached hydrogen (secondary N) is 1. The third kappa shape index (κ3) is 3.83. The second-order valence-corrected chi connectivity index (χ2v) is 8.23. The smallest absolute Gasteiger partial charge is 0.232 e. The summed E-state index contributed by atoms with van der Waals surface area (Å²) in [4.78, 5) is 29.7. The molecule has 1 aliphatic heterocycles. The van der Waals surface area contributed by atoms with E-state index in [1.807, 2.05) is 11.8 Å². The number of allylic oxidation sites excluding steroid dienone is 1. The van der Waals surface area contributed by atoms with E-state index in [0.717, 1.165) is 31.5 Å². The molecule has 2 fully saturated rings. The van der Waals surface area contributed by atoms with Crippen LogP contribution in [-0.2, 0) is 9.59 Å². The number of rotatable bonds is 6. The highest BCUT2D eigenvalue weighted by atomic mass is 16.2. The maximum absolute atomic E-state index is 13.2. The average Bonchev–Trinajstić information content (AvgIpc) is 2.68. The highest BCUT2D eigenvalue weighted by Gasteiger charge is 2.49. The Labute approximate surface area is 158 Å². The van der Waals surface area contributed by atoms with Gasteiger partial charge in [-0.15, -0.1) is 0 Å². The predicted octanol–water partition coefficient (Wildman–Crippen LogP) is 3.06. The van der Waals surface area contributed by atoms with Crippen LogP contribution in [0, 0.1) is 5.41 Å². The number of hydrogen-bond donors (Lipinski definition) is 1. The van der Waals surface area contributed by atoms with E-state index in [-0.39, 0.29) is 11.8 Å². The van der Waals surface area contributed by atoms with E-state index in [1.165, 1.54) is 32.1 Å². The molecular weight excluding hydrogens is 326 g/mol. The number of hydrogen-bond acceptors (Lipinski definition) is 3. The number of nitrogens with zero attached hydrogens (tertiary/aromatic N) is 2. The number of piperidine rings is 1. The van der Waals surface area contributed by atoms with Crippen molar-refractivity contribution in [3.63, 3.8) is 0 Å². The Hall–Kier alpha value is -1.36. The van der Waals surface area contributed by atoms with E-state index in [1.54, 1.807) is 0 Å². The van der Waals surface area contributed by atoms with Gasteiger partial charge in [-0.1, -0.05) is 25.3 Å². The summed E-state index contributed by atoms with van der Waals surface area (Å²) < 4.78 is 0. The first-order valence-electron chi connectivity index (χ1n) is 10.6. The summed E-state index contributed by atoms with van der Waals surface area (Å²) in [6, 6.07) is 0.673. The minimum absolute atomic E-state index is 0.131. The minimum Gasteiger partial charge on any atom is -0.354 e. The van der Waals surface area contributed by atoms with Gasteiger partial charge in [-0.3, -0.25) is 9.59 Å². The third-order valence-electron chi connectivity index (χ3n) is 6.69. The molecule has 2 aliphatic carbocycles. The molecule has 5 heteroatoms. The fourth-order valence-corrected chi connectivity index (χ4v) is 5.09. The fourth-order valence-electron chi connectivity index (χ4n) is 5.09. The van der Waals surface area contributed by atoms with E-state index >= 15 is 0 Å². The van der Waals surface area contributed by atoms with Crippen LogP contribution in [0.4, 0.5) is 0 Å². The molecule has 2 amide bonds. The Balaban J connectivity index is 1.59. The summed E-state index contributed by atoms with van der Waals surface area (Å²) in [5, 5.41) is 3.21. The molecule has 3 rings (SSSR count). The summed E-state index contributed by atoms with van der Waals surface area (Å²) >= 11 is 0. The molecule has 1 saturated carbocycles. The first-order valence-corrected chi connectivity index (χ1v) is 10.6. The molecule has 0 spiro atoms. The Morgan fingerprint density at radius 1 is 1.27 bits per heavy atom. The van der Waals surface area contributed by atoms with E-state index in [4.69, 9.17) is 0 Å². The molecular formula is C21H35N3O2. The number of carbonyl (C=O) groups is 2. The van der Waals surface area contributed by atoms with Gasteiger partial charge in [0.2, 0.25) is 11.8 Å². The Bertz CT molecular complexity index is 553. The summed E-state index contributed by atoms with van der Waals surface area (Å²) in [5.41, 5.74) is 0.492. The van der Waals surface area contributed by atoms with Crippen LogP contribution in [0.15, 0.2) is 11.8 Å². The van der Waals surface area contributed by atoms with Crippen LogP contribution >= 0.6 is 0 Å². The zero-order valence-corrected chi connectivity index (χ0v) is 16.6. The number of likely N-dealkylation sites (N-methyl/N-ethyl adjacent to an activating group) is 1. The van der Waals surface area contributed by atoms with E-state index in [9.17, 15) is 9.59 Å². The number of carbonyl (C=O) groups excluding carboxylic acids is 2. The van der Waals surface area contributed by atoms with Gasteiger partial charge in [0.25, 0.3) is 0 Å². The Morgan fingerprint density at radius 3 is 2.77 bits per heavy atom. The lowest BCUT2D eigenvalue weighted by molar-refractivity contribution is -0.140. The number of likely N-dealkylation sites (tertiary alicyclic amines) is 1. The molecule has 26 heavy (non-hydrogen) atoms. The lowest BCUT2D eigenvalue weighted by Gasteiger charge is -2.45. The van der Waals surface area contributed by atoms with E-state index in [2.05, 4.69) is 23.3 Å². The van der Waals surface area contributed by atoms with Crippen molar-refractivity contribution < 1.29 is 9.59 Å². The first kappa shape index (κ1) is 19.4. The van der Waals surface area contributed by atoms with Crippen LogP contribution in [0.5, 0.6) is 0 Å². The van der Waals surface area contributed by atoms with Gasteiger partial charge in [-0.05, 0) is 52.5 Å². The molecule has 0 aromatic carbocycles. The van der Waals surface area contributed by atoms with Gasteiger partial charge in [-0.2, -0.15) is 0 Å². The second-order valence-electron chi connectivity index (χ2n) is 8.23. The molecule has 1 heterocycles. The Kier molecular flexibility index (Phi) is 6.38. The van der Waals surface area contributed by atoms with E-state index < -0.39 is 5.41 Å². The van der Waals surface area contributed by atoms with Gasteiger partial charge in [0.15, 0.2) is 0 Å². The van der Waals surface area contributed by atoms with Crippen LogP contribution in [0.1, 0.15) is 71.1 Å². The molecule has 0 aromatic heterocycles. The van der Waals surface area contributed by atoms with Gasteiger partial charge >= 0.3 is 0 Å². The SMILES string of the molecule is CCN1C(=O)CCC2(C(=O)NCCN(C)C3CCCCC3)CCCC=C12. The summed E-state index contributed by atoms with van der Waals surface area (Å²) in [6.07, 6.45) is 12.8. The molecule has 0 bridgehead atoms. The van der Waals surface area contributed by atoms with Crippen LogP contribution in [-0.4, -0.2) is 54.3 Å². The van der Waals surface area contributed by atoms with Crippen molar-refractivity contribution >= 4 is 11.8 Å². The van der Waals surface area contributed by atoms with Gasteiger partial charge in [0, 0.05) is 37.8 Å². The molecule has 0 aromatic rings. The topological polar surface area (TPSA) is 52.7 Å². The van der Waals surface area contributed by atoms with Crippen molar-refractivity contribution in [3.05, 3.63) is 11.8 Å². The minimum atomic E-state index is -0.481. The molecule has 1 atom stereocenters. The van der Waals surface area contributed by atoms with Crippen molar-refractivity contribution in [2.75, 3.05) is 26.7 Å². The van der Waals surface area contributed by atoms with Crippen LogP contribution in [0.2, 0.25) is 0 Å². The normalized spacial score (nSPS) is 27.3. The van der Waals surface area contributed by atoms with Crippen LogP contribution in [0.25, 0.3) is 0 Å². The second kappa shape index (κ2) is 8.55. The summed E-state index contributed by atoms with van der Waals surface area (Å²) in [5.74, 6) is 0.299. The molecule has 1 N–H and O–H groups in total. The van der Waals surface area contributed by atoms with Crippen molar-refractivity contribution in [2.24, 2.45) is 5.41 Å². The average molecular weight is 362 g/mol. The lowest BCUT2D eigenvalue weighted by atomic mass is 9.69. The van der Waals surface area contributed by atoms with Crippen molar-refractivity contribution in [1.82, 2.24) is 15.1 Å². The zero-order chi connectivity index (χ0) is 18.6. The van der Waals surface area contributed by atoms with Crippen LogP contribution in [0.3, 0.4) is 0 Å². The number of amides is 2.